The smallest absolute Gasteiger partial charge is 0.261 e. The summed E-state index contributed by atoms with van der Waals surface area (Å²) in [6.07, 6.45) is 0. The molecule has 4 rings (SSSR count). The van der Waals surface area contributed by atoms with E-state index in [0.717, 1.165) is 4.90 Å². The predicted molar refractivity (Wildman–Crippen MR) is 95.0 cm³/mol. The van der Waals surface area contributed by atoms with Gasteiger partial charge in [0.2, 0.25) is 0 Å². The van der Waals surface area contributed by atoms with Gasteiger partial charge in [-0.1, -0.05) is 0 Å². The van der Waals surface area contributed by atoms with E-state index in [9.17, 15) is 19.2 Å². The van der Waals surface area contributed by atoms with Crippen molar-refractivity contribution < 1.29 is 23.9 Å². The van der Waals surface area contributed by atoms with Gasteiger partial charge in [0.15, 0.2) is 0 Å². The normalized spacial score (nSPS) is 15.7. The molecule has 7 heteroatoms. The fraction of sp³-hybridized carbons (Fsp3) is 0.200. The lowest BCUT2D eigenvalue weighted by Gasteiger charge is -2.17. The fourth-order valence-corrected chi connectivity index (χ4v) is 3.31. The Kier molecular flexibility index (Phi) is 3.62. The van der Waals surface area contributed by atoms with Gasteiger partial charge in [0.05, 0.1) is 22.3 Å². The first-order valence-electron chi connectivity index (χ1n) is 8.46. The summed E-state index contributed by atoms with van der Waals surface area (Å²) in [5, 5.41) is 0. The Balaban J connectivity index is 1.65. The second-order valence-electron chi connectivity index (χ2n) is 6.76. The van der Waals surface area contributed by atoms with E-state index in [1.807, 2.05) is 0 Å². The van der Waals surface area contributed by atoms with E-state index in [1.54, 1.807) is 32.0 Å². The summed E-state index contributed by atoms with van der Waals surface area (Å²) >= 11 is 0. The van der Waals surface area contributed by atoms with Gasteiger partial charge >= 0.3 is 0 Å². The number of carbonyl (C=O) groups is 4. The van der Waals surface area contributed by atoms with Gasteiger partial charge in [-0.05, 0) is 50.2 Å². The van der Waals surface area contributed by atoms with Crippen molar-refractivity contribution in [3.63, 3.8) is 0 Å². The Morgan fingerprint density at radius 2 is 1.15 bits per heavy atom. The second-order valence-corrected chi connectivity index (χ2v) is 6.76. The van der Waals surface area contributed by atoms with E-state index in [4.69, 9.17) is 4.74 Å². The second kappa shape index (κ2) is 5.77. The summed E-state index contributed by atoms with van der Waals surface area (Å²) in [6, 6.07) is 9.06. The van der Waals surface area contributed by atoms with Crippen LogP contribution >= 0.6 is 0 Å². The maximum Gasteiger partial charge on any atom is 0.261 e. The average Bonchev–Trinajstić information content (AvgIpc) is 3.01. The van der Waals surface area contributed by atoms with Crippen molar-refractivity contribution in [2.24, 2.45) is 0 Å². The van der Waals surface area contributed by atoms with Crippen LogP contribution in [0.1, 0.15) is 55.3 Å². The zero-order valence-electron chi connectivity index (χ0n) is 15.0. The highest BCUT2D eigenvalue weighted by molar-refractivity contribution is 6.22. The molecule has 0 spiro atoms. The van der Waals surface area contributed by atoms with Crippen molar-refractivity contribution in [3.8, 4) is 11.5 Å². The number of fused-ring (bicyclic) bond motifs is 2. The minimum absolute atomic E-state index is 0.237. The summed E-state index contributed by atoms with van der Waals surface area (Å²) in [5.74, 6) is -0.680. The molecule has 0 radical (unpaired) electrons. The number of amides is 4. The Morgan fingerprint density at radius 1 is 0.704 bits per heavy atom. The van der Waals surface area contributed by atoms with Crippen molar-refractivity contribution in [3.05, 3.63) is 58.7 Å². The zero-order chi connectivity index (χ0) is 19.5. The number of imide groups is 2. The maximum atomic E-state index is 12.5. The van der Waals surface area contributed by atoms with Gasteiger partial charge in [-0.15, -0.1) is 0 Å². The molecule has 0 N–H and O–H groups in total. The Morgan fingerprint density at radius 3 is 1.70 bits per heavy atom. The molecule has 0 aromatic heterocycles. The third-order valence-electron chi connectivity index (χ3n) is 4.70. The van der Waals surface area contributed by atoms with Crippen molar-refractivity contribution in [1.29, 1.82) is 0 Å². The molecule has 27 heavy (non-hydrogen) atoms. The minimum Gasteiger partial charge on any atom is -0.457 e. The number of hydrogen-bond donors (Lipinski definition) is 0. The van der Waals surface area contributed by atoms with Crippen LogP contribution in [0.2, 0.25) is 0 Å². The van der Waals surface area contributed by atoms with E-state index in [-0.39, 0.29) is 35.2 Å². The molecule has 0 fully saturated rings. The Hall–Kier alpha value is -3.48. The number of carbonyl (C=O) groups excluding carboxylic acids is 4. The molecule has 0 unspecified atom stereocenters. The van der Waals surface area contributed by atoms with Crippen LogP contribution in [0, 0.1) is 0 Å². The first-order chi connectivity index (χ1) is 12.8. The highest BCUT2D eigenvalue weighted by Gasteiger charge is 2.37. The van der Waals surface area contributed by atoms with Crippen LogP contribution in [0.4, 0.5) is 0 Å². The zero-order valence-corrected chi connectivity index (χ0v) is 15.0. The highest BCUT2D eigenvalue weighted by Crippen LogP contribution is 2.32. The lowest BCUT2D eigenvalue weighted by Crippen LogP contribution is -2.35. The molecule has 0 saturated heterocycles. The van der Waals surface area contributed by atoms with Crippen molar-refractivity contribution in [2.75, 3.05) is 7.05 Å². The number of nitrogens with zero attached hydrogens (tertiary/aromatic N) is 2. The van der Waals surface area contributed by atoms with Crippen LogP contribution in [0.15, 0.2) is 36.4 Å². The van der Waals surface area contributed by atoms with Gasteiger partial charge in [0, 0.05) is 13.1 Å². The molecule has 0 atom stereocenters. The van der Waals surface area contributed by atoms with Crippen molar-refractivity contribution in [1.82, 2.24) is 9.80 Å². The standard InChI is InChI=1S/C20H16N2O5/c1-10(2)22-19(25)14-7-5-12(9-16(14)20(22)26)27-11-4-6-13-15(8-11)18(24)21(3)17(13)23/h4-10H,1-3H3. The molecule has 2 aromatic rings. The summed E-state index contributed by atoms with van der Waals surface area (Å²) in [4.78, 5) is 51.1. The van der Waals surface area contributed by atoms with Gasteiger partial charge in [0.25, 0.3) is 23.6 Å². The molecular weight excluding hydrogens is 348 g/mol. The van der Waals surface area contributed by atoms with Crippen LogP contribution in [0.3, 0.4) is 0 Å². The molecule has 2 aliphatic rings. The monoisotopic (exact) mass is 364 g/mol. The van der Waals surface area contributed by atoms with E-state index >= 15 is 0 Å². The Labute approximate surface area is 155 Å². The van der Waals surface area contributed by atoms with Crippen LogP contribution in [0.25, 0.3) is 0 Å². The number of hydrogen-bond acceptors (Lipinski definition) is 5. The topological polar surface area (TPSA) is 84.0 Å². The summed E-state index contributed by atoms with van der Waals surface area (Å²) in [5.41, 5.74) is 1.24. The van der Waals surface area contributed by atoms with Gasteiger partial charge in [-0.3, -0.25) is 29.0 Å². The molecule has 0 saturated carbocycles. The molecular formula is C20H16N2O5. The Bertz CT molecular complexity index is 1040. The van der Waals surface area contributed by atoms with Crippen LogP contribution in [-0.4, -0.2) is 46.5 Å². The van der Waals surface area contributed by atoms with Crippen molar-refractivity contribution in [2.45, 2.75) is 19.9 Å². The summed E-state index contributed by atoms with van der Waals surface area (Å²) in [6.45, 7) is 3.55. The first kappa shape index (κ1) is 17.0. The fourth-order valence-electron chi connectivity index (χ4n) is 3.31. The van der Waals surface area contributed by atoms with E-state index in [1.165, 1.54) is 30.1 Å². The van der Waals surface area contributed by atoms with E-state index in [0.29, 0.717) is 28.2 Å². The minimum atomic E-state index is -0.386. The lowest BCUT2D eigenvalue weighted by atomic mass is 10.1. The molecule has 136 valence electrons. The van der Waals surface area contributed by atoms with Crippen LogP contribution in [-0.2, 0) is 0 Å². The number of ether oxygens (including phenoxy) is 1. The lowest BCUT2D eigenvalue weighted by molar-refractivity contribution is 0.0606. The number of rotatable bonds is 3. The molecule has 0 bridgehead atoms. The predicted octanol–water partition coefficient (Wildman–Crippen LogP) is 2.71. The highest BCUT2D eigenvalue weighted by atomic mass is 16.5. The number of benzene rings is 2. The van der Waals surface area contributed by atoms with Gasteiger partial charge in [-0.2, -0.15) is 0 Å². The molecule has 4 amide bonds. The van der Waals surface area contributed by atoms with Gasteiger partial charge < -0.3 is 4.74 Å². The van der Waals surface area contributed by atoms with E-state index < -0.39 is 0 Å². The molecule has 0 aliphatic carbocycles. The maximum absolute atomic E-state index is 12.5. The van der Waals surface area contributed by atoms with Gasteiger partial charge in [0.1, 0.15) is 11.5 Å². The molecule has 2 aromatic carbocycles. The molecule has 2 aliphatic heterocycles. The third-order valence-corrected chi connectivity index (χ3v) is 4.70. The van der Waals surface area contributed by atoms with Crippen LogP contribution in [0.5, 0.6) is 11.5 Å². The molecule has 7 nitrogen and oxygen atoms in total. The summed E-state index contributed by atoms with van der Waals surface area (Å²) in [7, 11) is 1.43. The SMILES string of the molecule is CC(C)N1C(=O)c2ccc(Oc3ccc4c(c3)C(=O)N(C)C4=O)cc2C1=O. The summed E-state index contributed by atoms with van der Waals surface area (Å²) < 4.78 is 5.76. The van der Waals surface area contributed by atoms with Crippen LogP contribution < -0.4 is 4.74 Å². The average molecular weight is 364 g/mol. The first-order valence-corrected chi connectivity index (χ1v) is 8.46. The largest absolute Gasteiger partial charge is 0.457 e. The van der Waals surface area contributed by atoms with E-state index in [2.05, 4.69) is 0 Å². The van der Waals surface area contributed by atoms with Crippen molar-refractivity contribution >= 4 is 23.6 Å². The third kappa shape index (κ3) is 2.43. The quantitative estimate of drug-likeness (QED) is 0.782. The van der Waals surface area contributed by atoms with Gasteiger partial charge in [-0.25, -0.2) is 0 Å². The molecule has 2 heterocycles.